The van der Waals surface area contributed by atoms with Gasteiger partial charge in [-0.1, -0.05) is 12.1 Å². The standard InChI is InChI=1S/C15H20N2O7S/c18-13(10-25(22,23)24)9-16-5-7-17(8-6-16)14(19)11-1-3-12(4-2-11)15(20)21/h1-4,13,18H,5-10H2,(H,20,21)(H,22,23,24)/p-1/t13-/m0/s1. The maximum atomic E-state index is 12.4. The summed E-state index contributed by atoms with van der Waals surface area (Å²) in [6.45, 7) is 1.97. The normalized spacial score (nSPS) is 17.3. The van der Waals surface area contributed by atoms with Crippen LogP contribution >= 0.6 is 0 Å². The Labute approximate surface area is 145 Å². The van der Waals surface area contributed by atoms with Gasteiger partial charge in [0.05, 0.1) is 48.0 Å². The Balaban J connectivity index is 1.86. The van der Waals surface area contributed by atoms with Gasteiger partial charge in [0.15, 0.2) is 0 Å². The first-order chi connectivity index (χ1) is 11.7. The second kappa shape index (κ2) is 7.91. The number of aromatic carboxylic acids is 1. The number of aliphatic hydroxyl groups excluding tert-OH is 1. The van der Waals surface area contributed by atoms with Gasteiger partial charge in [-0.25, -0.2) is 8.42 Å². The highest BCUT2D eigenvalue weighted by atomic mass is 32.2. The van der Waals surface area contributed by atoms with Gasteiger partial charge in [0, 0.05) is 5.56 Å². The molecule has 1 amide bonds. The van der Waals surface area contributed by atoms with E-state index in [1.54, 1.807) is 4.90 Å². The summed E-state index contributed by atoms with van der Waals surface area (Å²) < 4.78 is 31.9. The van der Waals surface area contributed by atoms with Crippen molar-refractivity contribution in [3.63, 3.8) is 0 Å². The molecule has 1 aliphatic rings. The quantitative estimate of drug-likeness (QED) is 0.490. The molecule has 1 atom stereocenters. The minimum Gasteiger partial charge on any atom is -0.748 e. The number of nitrogens with one attached hydrogen (secondary N) is 1. The van der Waals surface area contributed by atoms with E-state index in [2.05, 4.69) is 0 Å². The van der Waals surface area contributed by atoms with Gasteiger partial charge in [0.1, 0.15) is 12.6 Å². The summed E-state index contributed by atoms with van der Waals surface area (Å²) in [5.41, 5.74) is 0.360. The lowest BCUT2D eigenvalue weighted by molar-refractivity contribution is -0.906. The van der Waals surface area contributed by atoms with Crippen molar-refractivity contribution < 1.29 is 37.7 Å². The highest BCUT2D eigenvalue weighted by Crippen LogP contribution is 2.08. The second-order valence-corrected chi connectivity index (χ2v) is 7.44. The second-order valence-electron chi connectivity index (χ2n) is 5.99. The third-order valence-corrected chi connectivity index (χ3v) is 4.84. The fourth-order valence-electron chi connectivity index (χ4n) is 2.79. The Kier molecular flexibility index (Phi) is 6.11. The Bertz CT molecular complexity index is 725. The third kappa shape index (κ3) is 5.78. The number of rotatable bonds is 6. The number of amides is 1. The molecule has 1 aromatic rings. The molecule has 0 bridgehead atoms. The summed E-state index contributed by atoms with van der Waals surface area (Å²) >= 11 is 0. The van der Waals surface area contributed by atoms with Gasteiger partial charge in [-0.15, -0.1) is 0 Å². The molecule has 0 saturated carbocycles. The van der Waals surface area contributed by atoms with Crippen LogP contribution in [0.2, 0.25) is 0 Å². The van der Waals surface area contributed by atoms with Crippen molar-refractivity contribution >= 4 is 22.0 Å². The fraction of sp³-hybridized carbons (Fsp3) is 0.467. The number of carboxylic acids is 1. The van der Waals surface area contributed by atoms with Crippen molar-refractivity contribution in [3.8, 4) is 0 Å². The van der Waals surface area contributed by atoms with Crippen LogP contribution in [-0.4, -0.2) is 79.4 Å². The monoisotopic (exact) mass is 371 g/mol. The topological polar surface area (TPSA) is 142 Å². The van der Waals surface area contributed by atoms with E-state index in [1.807, 2.05) is 0 Å². The van der Waals surface area contributed by atoms with Crippen LogP contribution < -0.4 is 10.0 Å². The maximum absolute atomic E-state index is 12.4. The van der Waals surface area contributed by atoms with Gasteiger partial charge >= 0.3 is 0 Å². The third-order valence-electron chi connectivity index (χ3n) is 4.05. The zero-order chi connectivity index (χ0) is 18.6. The van der Waals surface area contributed by atoms with Crippen molar-refractivity contribution in [2.75, 3.05) is 38.5 Å². The van der Waals surface area contributed by atoms with Crippen molar-refractivity contribution in [2.24, 2.45) is 0 Å². The summed E-state index contributed by atoms with van der Waals surface area (Å²) in [6.07, 6.45) is -1.23. The lowest BCUT2D eigenvalue weighted by Crippen LogP contribution is -3.16. The van der Waals surface area contributed by atoms with E-state index in [0.29, 0.717) is 31.7 Å². The molecular weight excluding hydrogens is 352 g/mol. The number of hydrogen-bond donors (Lipinski definition) is 2. The largest absolute Gasteiger partial charge is 0.748 e. The van der Waals surface area contributed by atoms with E-state index in [1.165, 1.54) is 24.3 Å². The first-order valence-electron chi connectivity index (χ1n) is 7.71. The first kappa shape index (κ1) is 19.3. The molecule has 25 heavy (non-hydrogen) atoms. The van der Waals surface area contributed by atoms with E-state index in [4.69, 9.17) is 0 Å². The maximum Gasteiger partial charge on any atom is 0.254 e. The van der Waals surface area contributed by atoms with Crippen molar-refractivity contribution in [2.45, 2.75) is 6.10 Å². The molecule has 0 spiro atoms. The van der Waals surface area contributed by atoms with Crippen molar-refractivity contribution in [1.82, 2.24) is 4.90 Å². The number of aliphatic hydroxyl groups is 1. The van der Waals surface area contributed by atoms with Crippen LogP contribution in [0.25, 0.3) is 0 Å². The number of quaternary nitrogens is 1. The van der Waals surface area contributed by atoms with Gasteiger partial charge in [-0.05, 0) is 17.7 Å². The average molecular weight is 371 g/mol. The molecule has 1 aromatic carbocycles. The van der Waals surface area contributed by atoms with Crippen LogP contribution in [0.3, 0.4) is 0 Å². The van der Waals surface area contributed by atoms with Crippen LogP contribution in [0, 0.1) is 0 Å². The van der Waals surface area contributed by atoms with Crippen molar-refractivity contribution in [3.05, 3.63) is 35.4 Å². The summed E-state index contributed by atoms with van der Waals surface area (Å²) in [4.78, 5) is 25.6. The molecule has 2 rings (SSSR count). The predicted octanol–water partition coefficient (Wildman–Crippen LogP) is -3.70. The van der Waals surface area contributed by atoms with Crippen LogP contribution in [0.15, 0.2) is 24.3 Å². The summed E-state index contributed by atoms with van der Waals surface area (Å²) in [6, 6.07) is 5.47. The molecule has 0 aromatic heterocycles. The van der Waals surface area contributed by atoms with Crippen LogP contribution in [0.5, 0.6) is 0 Å². The molecule has 0 radical (unpaired) electrons. The highest BCUT2D eigenvalue weighted by Gasteiger charge is 2.26. The Hall–Kier alpha value is -2.01. The van der Waals surface area contributed by atoms with E-state index in [-0.39, 0.29) is 18.0 Å². The minimum atomic E-state index is -4.47. The Morgan fingerprint density at radius 2 is 1.68 bits per heavy atom. The van der Waals surface area contributed by atoms with Crippen molar-refractivity contribution in [1.29, 1.82) is 0 Å². The Morgan fingerprint density at radius 1 is 1.16 bits per heavy atom. The molecule has 1 saturated heterocycles. The average Bonchev–Trinajstić information content (AvgIpc) is 2.53. The van der Waals surface area contributed by atoms with E-state index >= 15 is 0 Å². The number of benzene rings is 1. The molecule has 138 valence electrons. The SMILES string of the molecule is O=C([O-])c1ccc(C(=O)N2CC[NH+](C[C@H](O)CS(=O)(=O)[O-])CC2)cc1. The molecule has 2 N–H and O–H groups in total. The summed E-state index contributed by atoms with van der Waals surface area (Å²) in [5, 5.41) is 20.3. The predicted molar refractivity (Wildman–Crippen MR) is 82.8 cm³/mol. The van der Waals surface area contributed by atoms with Gasteiger partial charge < -0.3 is 29.4 Å². The number of piperazine rings is 1. The number of carboxylic acid groups (broad SMARTS) is 1. The number of carbonyl (C=O) groups is 2. The molecule has 0 aliphatic carbocycles. The number of hydrogen-bond acceptors (Lipinski definition) is 7. The first-order valence-corrected chi connectivity index (χ1v) is 9.29. The molecule has 9 nitrogen and oxygen atoms in total. The summed E-state index contributed by atoms with van der Waals surface area (Å²) in [7, 11) is -4.47. The molecular formula is C15H19N2O7S-. The van der Waals surface area contributed by atoms with E-state index in [0.717, 1.165) is 4.90 Å². The number of carbonyl (C=O) groups excluding carboxylic acids is 2. The lowest BCUT2D eigenvalue weighted by Gasteiger charge is -2.33. The van der Waals surface area contributed by atoms with Crippen LogP contribution in [0.1, 0.15) is 20.7 Å². The Morgan fingerprint density at radius 3 is 2.16 bits per heavy atom. The zero-order valence-electron chi connectivity index (χ0n) is 13.4. The van der Waals surface area contributed by atoms with Crippen LogP contribution in [0.4, 0.5) is 0 Å². The zero-order valence-corrected chi connectivity index (χ0v) is 14.2. The molecule has 0 unspecified atom stereocenters. The van der Waals surface area contributed by atoms with E-state index < -0.39 is 27.9 Å². The van der Waals surface area contributed by atoms with Gasteiger partial charge in [-0.2, -0.15) is 0 Å². The van der Waals surface area contributed by atoms with Gasteiger partial charge in [0.25, 0.3) is 5.91 Å². The van der Waals surface area contributed by atoms with E-state index in [9.17, 15) is 32.8 Å². The van der Waals surface area contributed by atoms with Crippen LogP contribution in [-0.2, 0) is 10.1 Å². The molecule has 10 heteroatoms. The molecule has 1 fully saturated rings. The fourth-order valence-corrected chi connectivity index (χ4v) is 3.38. The lowest BCUT2D eigenvalue weighted by atomic mass is 10.1. The minimum absolute atomic E-state index is 0.00636. The smallest absolute Gasteiger partial charge is 0.254 e. The highest BCUT2D eigenvalue weighted by molar-refractivity contribution is 7.85. The molecule has 1 heterocycles. The summed E-state index contributed by atoms with van der Waals surface area (Å²) in [5.74, 6) is -2.36. The van der Waals surface area contributed by atoms with Gasteiger partial charge in [-0.3, -0.25) is 4.79 Å². The van der Waals surface area contributed by atoms with Gasteiger partial charge in [0.2, 0.25) is 0 Å². The number of nitrogens with zero attached hydrogens (tertiary/aromatic N) is 1. The molecule has 1 aliphatic heterocycles.